The molecule has 2 aliphatic carbocycles. The Hall–Kier alpha value is -2.46. The zero-order chi connectivity index (χ0) is 23.1. The van der Waals surface area contributed by atoms with Crippen LogP contribution in [0.25, 0.3) is 0 Å². The maximum Gasteiger partial charge on any atom is 0.433 e. The van der Waals surface area contributed by atoms with Crippen molar-refractivity contribution in [3.63, 3.8) is 0 Å². The number of fused-ring (bicyclic) bond motifs is 2. The van der Waals surface area contributed by atoms with Crippen molar-refractivity contribution in [3.05, 3.63) is 53.9 Å². The number of rotatable bonds is 6. The predicted molar refractivity (Wildman–Crippen MR) is 112 cm³/mol. The van der Waals surface area contributed by atoms with Gasteiger partial charge in [-0.3, -0.25) is 9.78 Å². The van der Waals surface area contributed by atoms with Crippen LogP contribution < -0.4 is 10.0 Å². The molecule has 10 heteroatoms. The molecule has 4 rings (SSSR count). The van der Waals surface area contributed by atoms with Crippen molar-refractivity contribution in [2.24, 2.45) is 17.8 Å². The van der Waals surface area contributed by atoms with Crippen molar-refractivity contribution in [2.45, 2.75) is 49.7 Å². The highest BCUT2D eigenvalue weighted by atomic mass is 32.2. The number of carbonyl (C=O) groups excluding carboxylic acids is 1. The van der Waals surface area contributed by atoms with Gasteiger partial charge >= 0.3 is 6.18 Å². The minimum absolute atomic E-state index is 0.0453. The fourth-order valence-electron chi connectivity index (χ4n) is 4.92. The summed E-state index contributed by atoms with van der Waals surface area (Å²) in [6.07, 6.45) is 0.940. The fourth-order valence-corrected chi connectivity index (χ4v) is 6.22. The van der Waals surface area contributed by atoms with E-state index in [2.05, 4.69) is 15.0 Å². The summed E-state index contributed by atoms with van der Waals surface area (Å²) in [5, 5.41) is 2.52. The fraction of sp³-hybridized carbons (Fsp3) is 0.455. The molecule has 2 bridgehead atoms. The average Bonchev–Trinajstić information content (AvgIpc) is 3.37. The van der Waals surface area contributed by atoms with E-state index in [1.54, 1.807) is 0 Å². The second-order valence-electron chi connectivity index (χ2n) is 8.66. The van der Waals surface area contributed by atoms with Crippen molar-refractivity contribution in [3.8, 4) is 0 Å². The van der Waals surface area contributed by atoms with Crippen LogP contribution in [0.4, 0.5) is 18.9 Å². The number of carbonyl (C=O) groups is 1. The molecule has 1 aromatic heterocycles. The van der Waals surface area contributed by atoms with E-state index < -0.39 is 27.8 Å². The molecule has 6 nitrogen and oxygen atoms in total. The van der Waals surface area contributed by atoms with Gasteiger partial charge in [-0.25, -0.2) is 13.1 Å². The lowest BCUT2D eigenvalue weighted by Gasteiger charge is -2.28. The third-order valence-corrected chi connectivity index (χ3v) is 8.09. The topological polar surface area (TPSA) is 88.2 Å². The molecule has 4 unspecified atom stereocenters. The number of sulfonamides is 1. The first-order valence-electron chi connectivity index (χ1n) is 10.5. The van der Waals surface area contributed by atoms with Crippen molar-refractivity contribution in [1.29, 1.82) is 0 Å². The Labute approximate surface area is 184 Å². The van der Waals surface area contributed by atoms with E-state index in [1.807, 2.05) is 6.92 Å². The average molecular weight is 468 g/mol. The Bertz CT molecular complexity index is 1090. The van der Waals surface area contributed by atoms with E-state index in [0.717, 1.165) is 30.7 Å². The molecule has 0 aliphatic heterocycles. The number of benzene rings is 1. The Kier molecular flexibility index (Phi) is 6.02. The molecule has 0 radical (unpaired) electrons. The summed E-state index contributed by atoms with van der Waals surface area (Å²) in [6.45, 7) is 1.91. The molecule has 0 saturated heterocycles. The minimum Gasteiger partial charge on any atom is -0.322 e. The molecule has 2 saturated carbocycles. The standard InChI is InChI=1S/C22H24F3N3O3S/c1-13(19-11-14-2-3-15(19)10-14)28-32(30,31)18-7-5-17(6-8-18)27-21(29)16-4-9-20(26-12-16)22(23,24)25/h4-9,12-15,19,28H,2-3,10-11H2,1H3,(H,27,29). The summed E-state index contributed by atoms with van der Waals surface area (Å²) in [5.41, 5.74) is -0.818. The van der Waals surface area contributed by atoms with Gasteiger partial charge in [0, 0.05) is 17.9 Å². The summed E-state index contributed by atoms with van der Waals surface area (Å²) in [5.74, 6) is 1.03. The molecule has 4 atom stereocenters. The van der Waals surface area contributed by atoms with Crippen LogP contribution in [0, 0.1) is 17.8 Å². The van der Waals surface area contributed by atoms with E-state index in [1.165, 1.54) is 43.5 Å². The van der Waals surface area contributed by atoms with Gasteiger partial charge in [0.2, 0.25) is 10.0 Å². The molecule has 2 fully saturated rings. The smallest absolute Gasteiger partial charge is 0.322 e. The molecule has 2 N–H and O–H groups in total. The van der Waals surface area contributed by atoms with Crippen molar-refractivity contribution in [2.75, 3.05) is 5.32 Å². The normalized spacial score (nSPS) is 23.8. The third-order valence-electron chi connectivity index (χ3n) is 6.51. The second-order valence-corrected chi connectivity index (χ2v) is 10.4. The van der Waals surface area contributed by atoms with Crippen LogP contribution in [-0.4, -0.2) is 25.4 Å². The van der Waals surface area contributed by atoms with Gasteiger partial charge in [0.05, 0.1) is 10.5 Å². The number of nitrogens with zero attached hydrogens (tertiary/aromatic N) is 1. The molecule has 172 valence electrons. The maximum absolute atomic E-state index is 12.8. The molecule has 32 heavy (non-hydrogen) atoms. The summed E-state index contributed by atoms with van der Waals surface area (Å²) in [6, 6.07) is 7.26. The van der Waals surface area contributed by atoms with Crippen LogP contribution in [0.5, 0.6) is 0 Å². The third kappa shape index (κ3) is 4.80. The SMILES string of the molecule is CC(NS(=O)(=O)c1ccc(NC(=O)c2ccc(C(F)(F)F)nc2)cc1)C1CC2CCC1C2. The molecule has 1 amide bonds. The predicted octanol–water partition coefficient (Wildman–Crippen LogP) is 4.46. The van der Waals surface area contributed by atoms with Crippen LogP contribution >= 0.6 is 0 Å². The Morgan fingerprint density at radius 3 is 2.34 bits per heavy atom. The largest absolute Gasteiger partial charge is 0.433 e. The monoisotopic (exact) mass is 467 g/mol. The van der Waals surface area contributed by atoms with Gasteiger partial charge in [-0.2, -0.15) is 13.2 Å². The van der Waals surface area contributed by atoms with E-state index in [-0.39, 0.29) is 16.5 Å². The number of amides is 1. The lowest BCUT2D eigenvalue weighted by atomic mass is 9.84. The van der Waals surface area contributed by atoms with Crippen LogP contribution in [-0.2, 0) is 16.2 Å². The summed E-state index contributed by atoms with van der Waals surface area (Å²) >= 11 is 0. The van der Waals surface area contributed by atoms with E-state index >= 15 is 0 Å². The highest BCUT2D eigenvalue weighted by molar-refractivity contribution is 7.89. The van der Waals surface area contributed by atoms with Gasteiger partial charge in [0.15, 0.2) is 0 Å². The first-order valence-corrected chi connectivity index (χ1v) is 12.0. The van der Waals surface area contributed by atoms with Gasteiger partial charge in [-0.1, -0.05) is 6.42 Å². The lowest BCUT2D eigenvalue weighted by molar-refractivity contribution is -0.141. The molecule has 0 spiro atoms. The first kappa shape index (κ1) is 22.7. The number of nitrogens with one attached hydrogen (secondary N) is 2. The molecular formula is C22H24F3N3O3S. The zero-order valence-corrected chi connectivity index (χ0v) is 18.2. The zero-order valence-electron chi connectivity index (χ0n) is 17.4. The Morgan fingerprint density at radius 2 is 1.81 bits per heavy atom. The highest BCUT2D eigenvalue weighted by Crippen LogP contribution is 2.49. The number of halogens is 3. The van der Waals surface area contributed by atoms with Crippen LogP contribution in [0.15, 0.2) is 47.5 Å². The number of pyridine rings is 1. The molecule has 2 aromatic rings. The van der Waals surface area contributed by atoms with Gasteiger partial charge in [0.25, 0.3) is 5.91 Å². The second kappa shape index (κ2) is 8.47. The number of alkyl halides is 3. The number of aromatic nitrogens is 1. The van der Waals surface area contributed by atoms with Crippen LogP contribution in [0.3, 0.4) is 0 Å². The van der Waals surface area contributed by atoms with Gasteiger partial charge in [0.1, 0.15) is 5.69 Å². The van der Waals surface area contributed by atoms with Gasteiger partial charge < -0.3 is 5.32 Å². The van der Waals surface area contributed by atoms with Gasteiger partial charge in [-0.15, -0.1) is 0 Å². The minimum atomic E-state index is -4.58. The molecule has 1 aromatic carbocycles. The summed E-state index contributed by atoms with van der Waals surface area (Å²) in [7, 11) is -3.71. The number of hydrogen-bond acceptors (Lipinski definition) is 4. The highest BCUT2D eigenvalue weighted by Gasteiger charge is 2.42. The molecule has 1 heterocycles. The van der Waals surface area contributed by atoms with Gasteiger partial charge in [-0.05, 0) is 80.3 Å². The lowest BCUT2D eigenvalue weighted by Crippen LogP contribution is -2.40. The quantitative estimate of drug-likeness (QED) is 0.657. The van der Waals surface area contributed by atoms with Crippen molar-refractivity contribution in [1.82, 2.24) is 9.71 Å². The number of hydrogen-bond donors (Lipinski definition) is 2. The van der Waals surface area contributed by atoms with Crippen molar-refractivity contribution >= 4 is 21.6 Å². The van der Waals surface area contributed by atoms with Crippen LogP contribution in [0.2, 0.25) is 0 Å². The van der Waals surface area contributed by atoms with E-state index in [0.29, 0.717) is 17.5 Å². The summed E-state index contributed by atoms with van der Waals surface area (Å²) < 4.78 is 66.1. The van der Waals surface area contributed by atoms with E-state index in [4.69, 9.17) is 0 Å². The van der Waals surface area contributed by atoms with Crippen molar-refractivity contribution < 1.29 is 26.4 Å². The molecular weight excluding hydrogens is 443 g/mol. The van der Waals surface area contributed by atoms with Crippen LogP contribution in [0.1, 0.15) is 48.7 Å². The maximum atomic E-state index is 12.8. The first-order chi connectivity index (χ1) is 15.0. The number of anilines is 1. The van der Waals surface area contributed by atoms with E-state index in [9.17, 15) is 26.4 Å². The Balaban J connectivity index is 1.38. The summed E-state index contributed by atoms with van der Waals surface area (Å²) in [4.78, 5) is 15.6. The Morgan fingerprint density at radius 1 is 1.09 bits per heavy atom. The molecule has 2 aliphatic rings.